The minimum atomic E-state index is -0.553. The lowest BCUT2D eigenvalue weighted by atomic mass is 10.0. The van der Waals surface area contributed by atoms with Crippen LogP contribution in [-0.2, 0) is 9.53 Å². The maximum Gasteiger partial charge on any atom is 0.254 e. The zero-order valence-corrected chi connectivity index (χ0v) is 17.1. The van der Waals surface area contributed by atoms with Gasteiger partial charge >= 0.3 is 0 Å². The molecule has 7 nitrogen and oxygen atoms in total. The number of methoxy groups -OCH3 is 1. The van der Waals surface area contributed by atoms with Crippen LogP contribution in [-0.4, -0.2) is 39.2 Å². The molecular formula is C22H26N4O3. The predicted octanol–water partition coefficient (Wildman–Crippen LogP) is 3.81. The van der Waals surface area contributed by atoms with Crippen LogP contribution in [0.5, 0.6) is 0 Å². The van der Waals surface area contributed by atoms with E-state index >= 15 is 0 Å². The number of pyridine rings is 3. The van der Waals surface area contributed by atoms with Crippen LogP contribution < -0.4 is 5.32 Å². The van der Waals surface area contributed by atoms with Gasteiger partial charge in [-0.2, -0.15) is 0 Å². The summed E-state index contributed by atoms with van der Waals surface area (Å²) in [5.74, 6) is 0.198. The molecule has 0 aliphatic heterocycles. The Morgan fingerprint density at radius 2 is 1.86 bits per heavy atom. The molecule has 1 amide bonds. The summed E-state index contributed by atoms with van der Waals surface area (Å²) >= 11 is 0. The van der Waals surface area contributed by atoms with E-state index in [1.807, 2.05) is 26.0 Å². The van der Waals surface area contributed by atoms with Crippen molar-refractivity contribution in [2.24, 2.45) is 0 Å². The molecule has 0 radical (unpaired) electrons. The highest BCUT2D eigenvalue weighted by molar-refractivity contribution is 5.95. The molecule has 0 saturated heterocycles. The van der Waals surface area contributed by atoms with E-state index in [2.05, 4.69) is 20.3 Å². The third-order valence-electron chi connectivity index (χ3n) is 4.89. The number of rotatable bonds is 7. The summed E-state index contributed by atoms with van der Waals surface area (Å²) in [6, 6.07) is 5.63. The molecule has 152 valence electrons. The number of fused-ring (bicyclic) bond motifs is 1. The first-order valence-electron chi connectivity index (χ1n) is 9.67. The highest BCUT2D eigenvalue weighted by atomic mass is 16.5. The summed E-state index contributed by atoms with van der Waals surface area (Å²) in [7, 11) is 1.48. The molecule has 0 aliphatic rings. The fraction of sp³-hybridized carbons (Fsp3) is 0.364. The lowest BCUT2D eigenvalue weighted by molar-refractivity contribution is -0.124. The fourth-order valence-electron chi connectivity index (χ4n) is 3.04. The first kappa shape index (κ1) is 20.8. The monoisotopic (exact) mass is 394 g/mol. The second kappa shape index (κ2) is 9.07. The van der Waals surface area contributed by atoms with Gasteiger partial charge in [0.2, 0.25) is 0 Å². The van der Waals surface area contributed by atoms with E-state index in [-0.39, 0.29) is 5.91 Å². The summed E-state index contributed by atoms with van der Waals surface area (Å²) in [5.41, 5.74) is 3.37. The van der Waals surface area contributed by atoms with Gasteiger partial charge in [-0.15, -0.1) is 0 Å². The number of ether oxygens (including phenoxy) is 1. The standard InChI is InChI=1S/C22H26N4O3/c1-5-6-20(27)19-7-13(2)17(12-24-19)18-8-15-11-25-21(9-16(15)10-23-18)26-22(28)14(3)29-4/h7-12,14,20,27H,5-6H2,1-4H3,(H,25,26,28)/t14-,20+/m0/s1. The number of nitrogens with one attached hydrogen (secondary N) is 1. The van der Waals surface area contributed by atoms with Gasteiger partial charge in [-0.25, -0.2) is 4.98 Å². The molecule has 3 heterocycles. The Kier molecular flexibility index (Phi) is 6.51. The Hall–Kier alpha value is -2.90. The first-order chi connectivity index (χ1) is 13.9. The van der Waals surface area contributed by atoms with Crippen molar-refractivity contribution in [3.8, 4) is 11.3 Å². The van der Waals surface area contributed by atoms with Crippen LogP contribution in [0.25, 0.3) is 22.0 Å². The van der Waals surface area contributed by atoms with Gasteiger partial charge in [-0.05, 0) is 44.0 Å². The number of aliphatic hydroxyl groups excluding tert-OH is 1. The first-order valence-corrected chi connectivity index (χ1v) is 9.67. The van der Waals surface area contributed by atoms with Crippen LogP contribution >= 0.6 is 0 Å². The van der Waals surface area contributed by atoms with Crippen LogP contribution in [0.3, 0.4) is 0 Å². The zero-order valence-electron chi connectivity index (χ0n) is 17.1. The van der Waals surface area contributed by atoms with Crippen molar-refractivity contribution in [3.63, 3.8) is 0 Å². The molecule has 0 saturated carbocycles. The van der Waals surface area contributed by atoms with Gasteiger partial charge in [-0.3, -0.25) is 14.8 Å². The highest BCUT2D eigenvalue weighted by Crippen LogP contribution is 2.27. The molecule has 7 heteroatoms. The molecule has 3 rings (SSSR count). The quantitative estimate of drug-likeness (QED) is 0.632. The van der Waals surface area contributed by atoms with Gasteiger partial charge in [0.05, 0.1) is 17.5 Å². The highest BCUT2D eigenvalue weighted by Gasteiger charge is 2.14. The van der Waals surface area contributed by atoms with Gasteiger partial charge in [0, 0.05) is 42.0 Å². The van der Waals surface area contributed by atoms with E-state index in [0.717, 1.165) is 34.0 Å². The third-order valence-corrected chi connectivity index (χ3v) is 4.89. The lowest BCUT2D eigenvalue weighted by Gasteiger charge is -2.12. The normalized spacial score (nSPS) is 13.3. The van der Waals surface area contributed by atoms with Gasteiger partial charge in [0.25, 0.3) is 5.91 Å². The van der Waals surface area contributed by atoms with Crippen LogP contribution in [0.1, 0.15) is 44.1 Å². The molecule has 2 atom stereocenters. The topological polar surface area (TPSA) is 97.2 Å². The Bertz CT molecular complexity index is 1020. The number of aromatic nitrogens is 3. The number of carbonyl (C=O) groups is 1. The van der Waals surface area contributed by atoms with Crippen molar-refractivity contribution in [2.45, 2.75) is 45.8 Å². The van der Waals surface area contributed by atoms with E-state index in [1.54, 1.807) is 31.6 Å². The molecule has 0 spiro atoms. The van der Waals surface area contributed by atoms with E-state index in [1.165, 1.54) is 7.11 Å². The Balaban J connectivity index is 1.86. The van der Waals surface area contributed by atoms with Gasteiger partial charge in [-0.1, -0.05) is 13.3 Å². The van der Waals surface area contributed by atoms with Crippen LogP contribution in [0, 0.1) is 6.92 Å². The van der Waals surface area contributed by atoms with Gasteiger partial charge in [0.1, 0.15) is 11.9 Å². The second-order valence-corrected chi connectivity index (χ2v) is 7.08. The number of anilines is 1. The predicted molar refractivity (Wildman–Crippen MR) is 112 cm³/mol. The number of hydrogen-bond acceptors (Lipinski definition) is 6. The summed E-state index contributed by atoms with van der Waals surface area (Å²) in [6.45, 7) is 5.69. The molecule has 3 aromatic heterocycles. The summed E-state index contributed by atoms with van der Waals surface area (Å²) in [4.78, 5) is 25.2. The average Bonchev–Trinajstić information content (AvgIpc) is 2.72. The van der Waals surface area contributed by atoms with Crippen molar-refractivity contribution in [1.29, 1.82) is 0 Å². The number of amides is 1. The zero-order chi connectivity index (χ0) is 21.0. The number of aliphatic hydroxyl groups is 1. The number of nitrogens with zero attached hydrogens (tertiary/aromatic N) is 3. The fourth-order valence-corrected chi connectivity index (χ4v) is 3.04. The van der Waals surface area contributed by atoms with Crippen LogP contribution in [0.15, 0.2) is 36.8 Å². The molecule has 0 aromatic carbocycles. The summed E-state index contributed by atoms with van der Waals surface area (Å²) in [5, 5.41) is 14.7. The van der Waals surface area contributed by atoms with Crippen molar-refractivity contribution in [2.75, 3.05) is 12.4 Å². The minimum absolute atomic E-state index is 0.254. The van der Waals surface area contributed by atoms with Crippen molar-refractivity contribution < 1.29 is 14.6 Å². The number of aryl methyl sites for hydroxylation is 1. The number of carbonyl (C=O) groups excluding carboxylic acids is 1. The van der Waals surface area contributed by atoms with E-state index < -0.39 is 12.2 Å². The molecule has 0 unspecified atom stereocenters. The summed E-state index contributed by atoms with van der Waals surface area (Å²) in [6.07, 6.45) is 5.70. The molecular weight excluding hydrogens is 368 g/mol. The second-order valence-electron chi connectivity index (χ2n) is 7.08. The van der Waals surface area contributed by atoms with Crippen molar-refractivity contribution in [1.82, 2.24) is 15.0 Å². The Morgan fingerprint density at radius 3 is 2.55 bits per heavy atom. The smallest absolute Gasteiger partial charge is 0.254 e. The Labute approximate surface area is 170 Å². The van der Waals surface area contributed by atoms with E-state index in [4.69, 9.17) is 4.74 Å². The summed E-state index contributed by atoms with van der Waals surface area (Å²) < 4.78 is 5.01. The SMILES string of the molecule is CCC[C@@H](O)c1cc(C)c(-c2cc3cnc(NC(=O)[C@H](C)OC)cc3cn2)cn1. The van der Waals surface area contributed by atoms with Crippen LogP contribution in [0.4, 0.5) is 5.82 Å². The molecule has 29 heavy (non-hydrogen) atoms. The van der Waals surface area contributed by atoms with Crippen molar-refractivity contribution in [3.05, 3.63) is 48.0 Å². The molecule has 2 N–H and O–H groups in total. The van der Waals surface area contributed by atoms with Crippen LogP contribution in [0.2, 0.25) is 0 Å². The third kappa shape index (κ3) is 4.75. The lowest BCUT2D eigenvalue weighted by Crippen LogP contribution is -2.26. The maximum absolute atomic E-state index is 12.0. The van der Waals surface area contributed by atoms with E-state index in [0.29, 0.717) is 17.9 Å². The molecule has 3 aromatic rings. The van der Waals surface area contributed by atoms with Gasteiger partial charge < -0.3 is 15.2 Å². The maximum atomic E-state index is 12.0. The Morgan fingerprint density at radius 1 is 1.14 bits per heavy atom. The molecule has 0 bridgehead atoms. The average molecular weight is 394 g/mol. The van der Waals surface area contributed by atoms with Gasteiger partial charge in [0.15, 0.2) is 0 Å². The van der Waals surface area contributed by atoms with Crippen molar-refractivity contribution >= 4 is 22.5 Å². The van der Waals surface area contributed by atoms with E-state index in [9.17, 15) is 9.90 Å². The largest absolute Gasteiger partial charge is 0.387 e. The molecule has 0 aliphatic carbocycles. The number of hydrogen-bond donors (Lipinski definition) is 2. The minimum Gasteiger partial charge on any atom is -0.387 e. The molecule has 0 fully saturated rings.